The van der Waals surface area contributed by atoms with Crippen LogP contribution in [0.4, 0.5) is 0 Å². The molecule has 0 saturated carbocycles. The highest BCUT2D eigenvalue weighted by Gasteiger charge is 2.09. The molecule has 0 aliphatic carbocycles. The van der Waals surface area contributed by atoms with Crippen LogP contribution in [0, 0.1) is 0 Å². The second-order valence-corrected chi connectivity index (χ2v) is 4.76. The Labute approximate surface area is 109 Å². The van der Waals surface area contributed by atoms with E-state index in [-0.39, 0.29) is 0 Å². The van der Waals surface area contributed by atoms with Gasteiger partial charge in [0.2, 0.25) is 0 Å². The van der Waals surface area contributed by atoms with Crippen molar-refractivity contribution in [3.05, 3.63) is 42.2 Å². The van der Waals surface area contributed by atoms with Crippen molar-refractivity contribution in [2.75, 3.05) is 20.6 Å². The highest BCUT2D eigenvalue weighted by molar-refractivity contribution is 5.60. The molecule has 96 valence electrons. The van der Waals surface area contributed by atoms with E-state index in [1.54, 1.807) is 0 Å². The molecule has 0 atom stereocenters. The van der Waals surface area contributed by atoms with Gasteiger partial charge >= 0.3 is 0 Å². The van der Waals surface area contributed by atoms with Gasteiger partial charge in [-0.25, -0.2) is 4.98 Å². The number of imidazole rings is 1. The monoisotopic (exact) mass is 243 g/mol. The van der Waals surface area contributed by atoms with Crippen molar-refractivity contribution >= 4 is 0 Å². The van der Waals surface area contributed by atoms with E-state index in [2.05, 4.69) is 65.9 Å². The van der Waals surface area contributed by atoms with E-state index in [0.29, 0.717) is 0 Å². The van der Waals surface area contributed by atoms with Crippen molar-refractivity contribution in [3.8, 4) is 11.4 Å². The van der Waals surface area contributed by atoms with Gasteiger partial charge in [-0.2, -0.15) is 0 Å². The summed E-state index contributed by atoms with van der Waals surface area (Å²) in [4.78, 5) is 6.71. The van der Waals surface area contributed by atoms with Gasteiger partial charge in [0.1, 0.15) is 5.82 Å². The van der Waals surface area contributed by atoms with Gasteiger partial charge in [0.05, 0.1) is 0 Å². The van der Waals surface area contributed by atoms with Gasteiger partial charge in [0.15, 0.2) is 0 Å². The number of hydrogen-bond donors (Lipinski definition) is 0. The predicted octanol–water partition coefficient (Wildman–Crippen LogP) is 2.67. The van der Waals surface area contributed by atoms with Crippen molar-refractivity contribution in [2.24, 2.45) is 0 Å². The Hall–Kier alpha value is -1.61. The van der Waals surface area contributed by atoms with E-state index in [0.717, 1.165) is 25.3 Å². The minimum absolute atomic E-state index is 0.973. The maximum absolute atomic E-state index is 4.52. The lowest BCUT2D eigenvalue weighted by atomic mass is 10.0. The summed E-state index contributed by atoms with van der Waals surface area (Å²) in [6.45, 7) is 4.18. The lowest BCUT2D eigenvalue weighted by Crippen LogP contribution is -2.18. The van der Waals surface area contributed by atoms with Crippen LogP contribution in [-0.4, -0.2) is 35.1 Å². The van der Waals surface area contributed by atoms with Crippen molar-refractivity contribution in [1.29, 1.82) is 0 Å². The molecule has 3 heteroatoms. The van der Waals surface area contributed by atoms with E-state index in [1.165, 1.54) is 11.1 Å². The van der Waals surface area contributed by atoms with E-state index < -0.39 is 0 Å². The van der Waals surface area contributed by atoms with E-state index in [1.807, 2.05) is 6.20 Å². The Bertz CT molecular complexity index is 500. The van der Waals surface area contributed by atoms with Gasteiger partial charge in [-0.15, -0.1) is 0 Å². The molecule has 0 aliphatic heterocycles. The predicted molar refractivity (Wildman–Crippen MR) is 75.6 cm³/mol. The fraction of sp³-hybridized carbons (Fsp3) is 0.400. The third-order valence-electron chi connectivity index (χ3n) is 3.14. The van der Waals surface area contributed by atoms with Crippen LogP contribution in [0.3, 0.4) is 0 Å². The maximum Gasteiger partial charge on any atom is 0.140 e. The lowest BCUT2D eigenvalue weighted by Gasteiger charge is -2.13. The third-order valence-corrected chi connectivity index (χ3v) is 3.14. The molecule has 0 radical (unpaired) electrons. The van der Waals surface area contributed by atoms with Crippen LogP contribution in [-0.2, 0) is 13.0 Å². The van der Waals surface area contributed by atoms with Crippen molar-refractivity contribution in [2.45, 2.75) is 19.9 Å². The second kappa shape index (κ2) is 5.83. The molecule has 0 unspecified atom stereocenters. The van der Waals surface area contributed by atoms with Crippen LogP contribution < -0.4 is 0 Å². The number of aromatic nitrogens is 2. The van der Waals surface area contributed by atoms with Crippen LogP contribution in [0.5, 0.6) is 0 Å². The molecule has 1 aromatic heterocycles. The quantitative estimate of drug-likeness (QED) is 0.805. The Morgan fingerprint density at radius 2 is 2.00 bits per heavy atom. The first-order chi connectivity index (χ1) is 8.72. The number of likely N-dealkylation sites (N-methyl/N-ethyl adjacent to an activating group) is 1. The van der Waals surface area contributed by atoms with Gasteiger partial charge in [0.25, 0.3) is 0 Å². The zero-order valence-corrected chi connectivity index (χ0v) is 11.4. The van der Waals surface area contributed by atoms with E-state index >= 15 is 0 Å². The molecule has 0 amide bonds. The number of nitrogens with zero attached hydrogens (tertiary/aromatic N) is 3. The summed E-state index contributed by atoms with van der Waals surface area (Å²) in [5, 5.41) is 0. The minimum atomic E-state index is 0.973. The molecule has 1 aromatic carbocycles. The first-order valence-electron chi connectivity index (χ1n) is 6.46. The number of rotatable bonds is 5. The summed E-state index contributed by atoms with van der Waals surface area (Å²) in [7, 11) is 4.19. The van der Waals surface area contributed by atoms with Crippen molar-refractivity contribution < 1.29 is 0 Å². The molecule has 0 spiro atoms. The topological polar surface area (TPSA) is 21.1 Å². The minimum Gasteiger partial charge on any atom is -0.330 e. The van der Waals surface area contributed by atoms with Crippen LogP contribution in [0.2, 0.25) is 0 Å². The normalized spacial score (nSPS) is 11.1. The molecule has 2 aromatic rings. The summed E-state index contributed by atoms with van der Waals surface area (Å²) in [6.07, 6.45) is 4.99. The summed E-state index contributed by atoms with van der Waals surface area (Å²) >= 11 is 0. The highest BCUT2D eigenvalue weighted by atomic mass is 15.1. The zero-order valence-electron chi connectivity index (χ0n) is 11.4. The molecule has 0 bridgehead atoms. The highest BCUT2D eigenvalue weighted by Crippen LogP contribution is 2.22. The van der Waals surface area contributed by atoms with Gasteiger partial charge in [-0.1, -0.05) is 31.2 Å². The smallest absolute Gasteiger partial charge is 0.140 e. The number of hydrogen-bond acceptors (Lipinski definition) is 2. The molecule has 0 saturated heterocycles. The second-order valence-electron chi connectivity index (χ2n) is 4.76. The number of aryl methyl sites for hydroxylation is 1. The summed E-state index contributed by atoms with van der Waals surface area (Å²) < 4.78 is 2.23. The van der Waals surface area contributed by atoms with Crippen LogP contribution in [0.1, 0.15) is 12.5 Å². The molecule has 2 rings (SSSR count). The lowest BCUT2D eigenvalue weighted by molar-refractivity contribution is 0.385. The van der Waals surface area contributed by atoms with E-state index in [9.17, 15) is 0 Å². The largest absolute Gasteiger partial charge is 0.330 e. The van der Waals surface area contributed by atoms with Gasteiger partial charge in [-0.3, -0.25) is 0 Å². The fourth-order valence-corrected chi connectivity index (χ4v) is 2.09. The summed E-state index contributed by atoms with van der Waals surface area (Å²) in [6, 6.07) is 8.52. The fourth-order valence-electron chi connectivity index (χ4n) is 2.09. The molecule has 1 heterocycles. The molecule has 0 N–H and O–H groups in total. The van der Waals surface area contributed by atoms with Crippen molar-refractivity contribution in [1.82, 2.24) is 14.5 Å². The Kier molecular flexibility index (Phi) is 4.15. The summed E-state index contributed by atoms with van der Waals surface area (Å²) in [5.74, 6) is 1.08. The Morgan fingerprint density at radius 3 is 2.72 bits per heavy atom. The van der Waals surface area contributed by atoms with Crippen LogP contribution in [0.25, 0.3) is 11.4 Å². The average molecular weight is 243 g/mol. The van der Waals surface area contributed by atoms with E-state index in [4.69, 9.17) is 0 Å². The van der Waals surface area contributed by atoms with Crippen LogP contribution in [0.15, 0.2) is 36.7 Å². The van der Waals surface area contributed by atoms with Gasteiger partial charge in [0, 0.05) is 31.0 Å². The van der Waals surface area contributed by atoms with Gasteiger partial charge in [-0.05, 0) is 26.1 Å². The van der Waals surface area contributed by atoms with Crippen molar-refractivity contribution in [3.63, 3.8) is 0 Å². The first-order valence-corrected chi connectivity index (χ1v) is 6.46. The third kappa shape index (κ3) is 2.79. The molecule has 18 heavy (non-hydrogen) atoms. The Balaban J connectivity index is 2.30. The Morgan fingerprint density at radius 1 is 1.22 bits per heavy atom. The number of benzene rings is 1. The molecule has 3 nitrogen and oxygen atoms in total. The maximum atomic E-state index is 4.52. The van der Waals surface area contributed by atoms with Crippen LogP contribution >= 0.6 is 0 Å². The molecular weight excluding hydrogens is 222 g/mol. The standard InChI is InChI=1S/C15H21N3/c1-4-13-7-5-6-8-14(13)15-16-9-10-18(15)12-11-17(2)3/h5-10H,4,11-12H2,1-3H3. The first kappa shape index (κ1) is 12.8. The van der Waals surface area contributed by atoms with Gasteiger partial charge < -0.3 is 9.47 Å². The zero-order chi connectivity index (χ0) is 13.0. The summed E-state index contributed by atoms with van der Waals surface area (Å²) in [5.41, 5.74) is 2.61. The molecule has 0 fully saturated rings. The SMILES string of the molecule is CCc1ccccc1-c1nccn1CCN(C)C. The molecular formula is C15H21N3. The average Bonchev–Trinajstić information content (AvgIpc) is 2.84. The molecule has 0 aliphatic rings.